The Hall–Kier alpha value is -1.44. The molecule has 2 aliphatic heterocycles. The van der Waals surface area contributed by atoms with Crippen LogP contribution in [0.5, 0.6) is 0 Å². The first-order valence-corrected chi connectivity index (χ1v) is 11.7. The Morgan fingerprint density at radius 1 is 1.19 bits per heavy atom. The van der Waals surface area contributed by atoms with Crippen LogP contribution in [0.15, 0.2) is 23.7 Å². The summed E-state index contributed by atoms with van der Waals surface area (Å²) in [6.07, 6.45) is 7.50. The van der Waals surface area contributed by atoms with Gasteiger partial charge < -0.3 is 10.2 Å². The highest BCUT2D eigenvalue weighted by atomic mass is 32.1. The number of nitrogens with one attached hydrogen (secondary N) is 1. The molecule has 2 saturated heterocycles. The van der Waals surface area contributed by atoms with Crippen LogP contribution < -0.4 is 10.2 Å². The van der Waals surface area contributed by atoms with Gasteiger partial charge in [0.1, 0.15) is 0 Å². The number of carbonyl (C=O) groups excluding carboxylic acids is 1. The van der Waals surface area contributed by atoms with Gasteiger partial charge in [0.15, 0.2) is 5.13 Å². The Balaban J connectivity index is 1.16. The lowest BCUT2D eigenvalue weighted by Gasteiger charge is -2.31. The van der Waals surface area contributed by atoms with Crippen LogP contribution in [0, 0.1) is 5.92 Å². The van der Waals surface area contributed by atoms with Crippen molar-refractivity contribution in [2.75, 3.05) is 37.6 Å². The minimum atomic E-state index is 0.152. The summed E-state index contributed by atoms with van der Waals surface area (Å²) in [6, 6.07) is 4.03. The number of amides is 1. The minimum Gasteiger partial charge on any atom is -0.356 e. The van der Waals surface area contributed by atoms with Gasteiger partial charge in [-0.25, -0.2) is 4.98 Å². The maximum absolute atomic E-state index is 12.0. The van der Waals surface area contributed by atoms with E-state index in [0.717, 1.165) is 57.0 Å². The molecule has 0 radical (unpaired) electrons. The number of hydrogen-bond donors (Lipinski definition) is 1. The third-order valence-electron chi connectivity index (χ3n) is 5.51. The van der Waals surface area contributed by atoms with Crippen LogP contribution in [0.4, 0.5) is 5.13 Å². The first-order valence-electron chi connectivity index (χ1n) is 9.97. The monoisotopic (exact) mass is 404 g/mol. The van der Waals surface area contributed by atoms with Gasteiger partial charge in [-0.15, -0.1) is 22.7 Å². The molecule has 1 N–H and O–H groups in total. The van der Waals surface area contributed by atoms with Gasteiger partial charge >= 0.3 is 0 Å². The van der Waals surface area contributed by atoms with E-state index in [9.17, 15) is 4.79 Å². The molecule has 2 aromatic heterocycles. The van der Waals surface area contributed by atoms with E-state index in [-0.39, 0.29) is 5.91 Å². The normalized spacial score (nSPS) is 18.9. The Morgan fingerprint density at radius 2 is 2.00 bits per heavy atom. The van der Waals surface area contributed by atoms with Crippen molar-refractivity contribution in [3.8, 4) is 0 Å². The molecule has 2 aliphatic rings. The number of anilines is 1. The van der Waals surface area contributed by atoms with Gasteiger partial charge in [0.2, 0.25) is 5.91 Å². The molecule has 0 aliphatic carbocycles. The molecule has 2 aromatic rings. The highest BCUT2D eigenvalue weighted by molar-refractivity contribution is 7.15. The maximum atomic E-state index is 12.0. The van der Waals surface area contributed by atoms with Crippen LogP contribution in [0.1, 0.15) is 35.4 Å². The first kappa shape index (κ1) is 18.9. The fourth-order valence-corrected chi connectivity index (χ4v) is 5.59. The van der Waals surface area contributed by atoms with Crippen molar-refractivity contribution in [2.24, 2.45) is 5.92 Å². The summed E-state index contributed by atoms with van der Waals surface area (Å²) in [4.78, 5) is 24.1. The fraction of sp³-hybridized carbons (Fsp3) is 0.600. The molecule has 4 heterocycles. The third-order valence-corrected chi connectivity index (χ3v) is 7.43. The van der Waals surface area contributed by atoms with Crippen molar-refractivity contribution in [2.45, 2.75) is 38.6 Å². The second kappa shape index (κ2) is 9.17. The highest BCUT2D eigenvalue weighted by Crippen LogP contribution is 2.27. The van der Waals surface area contributed by atoms with Crippen LogP contribution >= 0.6 is 22.7 Å². The molecule has 5 nitrogen and oxygen atoms in total. The lowest BCUT2D eigenvalue weighted by atomic mass is 9.96. The smallest absolute Gasteiger partial charge is 0.225 e. The number of thiophene rings is 1. The van der Waals surface area contributed by atoms with Crippen LogP contribution in [-0.2, 0) is 17.8 Å². The van der Waals surface area contributed by atoms with Gasteiger partial charge in [-0.05, 0) is 56.1 Å². The SMILES string of the molecule is O=C(Cc1cccs1)NCC1CCN(Cc2cnc(N3CCCC3)s2)CC1. The Labute approximate surface area is 169 Å². The third kappa shape index (κ3) is 5.30. The van der Waals surface area contributed by atoms with Crippen molar-refractivity contribution in [3.63, 3.8) is 0 Å². The lowest BCUT2D eigenvalue weighted by Crippen LogP contribution is -2.38. The molecule has 7 heteroatoms. The summed E-state index contributed by atoms with van der Waals surface area (Å²) in [5.74, 6) is 0.758. The summed E-state index contributed by atoms with van der Waals surface area (Å²) in [6.45, 7) is 6.39. The van der Waals surface area contributed by atoms with Crippen LogP contribution in [0.2, 0.25) is 0 Å². The van der Waals surface area contributed by atoms with Gasteiger partial charge in [-0.1, -0.05) is 6.07 Å². The van der Waals surface area contributed by atoms with Crippen LogP contribution in [0.3, 0.4) is 0 Å². The Bertz CT molecular complexity index is 716. The van der Waals surface area contributed by atoms with Gasteiger partial charge in [-0.2, -0.15) is 0 Å². The summed E-state index contributed by atoms with van der Waals surface area (Å²) >= 11 is 3.51. The van der Waals surface area contributed by atoms with E-state index in [1.807, 2.05) is 28.8 Å². The molecular weight excluding hydrogens is 376 g/mol. The fourth-order valence-electron chi connectivity index (χ4n) is 3.89. The summed E-state index contributed by atoms with van der Waals surface area (Å²) in [7, 11) is 0. The Kier molecular flexibility index (Phi) is 6.42. The highest BCUT2D eigenvalue weighted by Gasteiger charge is 2.21. The summed E-state index contributed by atoms with van der Waals surface area (Å²) < 4.78 is 0. The van der Waals surface area contributed by atoms with Gasteiger partial charge in [0, 0.05) is 42.1 Å². The first-order chi connectivity index (χ1) is 13.3. The molecule has 0 aromatic carbocycles. The van der Waals surface area contributed by atoms with Crippen molar-refractivity contribution in [3.05, 3.63) is 33.5 Å². The van der Waals surface area contributed by atoms with E-state index in [2.05, 4.69) is 26.3 Å². The molecule has 2 fully saturated rings. The Morgan fingerprint density at radius 3 is 2.74 bits per heavy atom. The van der Waals surface area contributed by atoms with Crippen molar-refractivity contribution >= 4 is 33.7 Å². The quantitative estimate of drug-likeness (QED) is 0.769. The number of piperidine rings is 1. The van der Waals surface area contributed by atoms with Gasteiger partial charge in [0.05, 0.1) is 6.42 Å². The van der Waals surface area contributed by atoms with E-state index >= 15 is 0 Å². The lowest BCUT2D eigenvalue weighted by molar-refractivity contribution is -0.120. The number of rotatable bonds is 7. The van der Waals surface area contributed by atoms with Crippen molar-refractivity contribution < 1.29 is 4.79 Å². The molecule has 0 spiro atoms. The zero-order chi connectivity index (χ0) is 18.5. The van der Waals surface area contributed by atoms with E-state index in [4.69, 9.17) is 0 Å². The summed E-state index contributed by atoms with van der Waals surface area (Å²) in [5.41, 5.74) is 0. The number of carbonyl (C=O) groups is 1. The molecule has 4 rings (SSSR count). The zero-order valence-corrected chi connectivity index (χ0v) is 17.4. The number of hydrogen-bond acceptors (Lipinski definition) is 6. The molecule has 146 valence electrons. The minimum absolute atomic E-state index is 0.152. The maximum Gasteiger partial charge on any atom is 0.225 e. The summed E-state index contributed by atoms with van der Waals surface area (Å²) in [5, 5.41) is 6.35. The second-order valence-electron chi connectivity index (χ2n) is 7.58. The topological polar surface area (TPSA) is 48.5 Å². The van der Waals surface area contributed by atoms with E-state index in [1.165, 1.54) is 22.9 Å². The van der Waals surface area contributed by atoms with Crippen LogP contribution in [0.25, 0.3) is 0 Å². The molecule has 27 heavy (non-hydrogen) atoms. The molecular formula is C20H28N4OS2. The molecule has 0 unspecified atom stereocenters. The predicted molar refractivity (Wildman–Crippen MR) is 113 cm³/mol. The molecule has 0 saturated carbocycles. The average molecular weight is 405 g/mol. The van der Waals surface area contributed by atoms with Crippen molar-refractivity contribution in [1.29, 1.82) is 0 Å². The molecule has 0 atom stereocenters. The predicted octanol–water partition coefficient (Wildman–Crippen LogP) is 3.38. The molecule has 0 bridgehead atoms. The van der Waals surface area contributed by atoms with Crippen LogP contribution in [-0.4, -0.2) is 48.5 Å². The van der Waals surface area contributed by atoms with E-state index in [0.29, 0.717) is 12.3 Å². The number of nitrogens with zero attached hydrogens (tertiary/aromatic N) is 3. The standard InChI is InChI=1S/C20H28N4OS2/c25-19(12-17-4-3-11-26-17)21-13-16-5-9-23(10-6-16)15-18-14-22-20(27-18)24-7-1-2-8-24/h3-4,11,14,16H,1-2,5-10,12-13,15H2,(H,21,25). The van der Waals surface area contributed by atoms with Gasteiger partial charge in [0.25, 0.3) is 0 Å². The van der Waals surface area contributed by atoms with Gasteiger partial charge in [-0.3, -0.25) is 9.69 Å². The molecule has 1 amide bonds. The second-order valence-corrected chi connectivity index (χ2v) is 9.71. The van der Waals surface area contributed by atoms with E-state index < -0.39 is 0 Å². The average Bonchev–Trinajstić information content (AvgIpc) is 3.43. The largest absolute Gasteiger partial charge is 0.356 e. The number of aromatic nitrogens is 1. The van der Waals surface area contributed by atoms with E-state index in [1.54, 1.807) is 11.3 Å². The number of thiazole rings is 1. The zero-order valence-electron chi connectivity index (χ0n) is 15.7. The van der Waals surface area contributed by atoms with Crippen molar-refractivity contribution in [1.82, 2.24) is 15.2 Å². The number of likely N-dealkylation sites (tertiary alicyclic amines) is 1.